The Morgan fingerprint density at radius 2 is 1.71 bits per heavy atom. The van der Waals surface area contributed by atoms with Crippen LogP contribution in [-0.2, 0) is 9.59 Å². The number of carbonyl (C=O) groups is 2. The van der Waals surface area contributed by atoms with Crippen molar-refractivity contribution in [3.63, 3.8) is 0 Å². The fourth-order valence-electron chi connectivity index (χ4n) is 2.42. The summed E-state index contributed by atoms with van der Waals surface area (Å²) in [6, 6.07) is 0.138. The zero-order valence-corrected chi connectivity index (χ0v) is 8.40. The molecular formula is C11H15NO2. The highest BCUT2D eigenvalue weighted by atomic mass is 16.2. The van der Waals surface area contributed by atoms with Crippen LogP contribution in [0.15, 0.2) is 12.2 Å². The molecule has 0 saturated heterocycles. The molecule has 1 saturated carbocycles. The Kier molecular flexibility index (Phi) is 2.40. The van der Waals surface area contributed by atoms with Crippen molar-refractivity contribution in [2.75, 3.05) is 0 Å². The molecule has 0 radical (unpaired) electrons. The van der Waals surface area contributed by atoms with Crippen LogP contribution in [0.3, 0.4) is 0 Å². The molecule has 2 aliphatic rings. The Labute approximate surface area is 83.8 Å². The first kappa shape index (κ1) is 9.44. The van der Waals surface area contributed by atoms with Crippen molar-refractivity contribution in [3.05, 3.63) is 12.2 Å². The molecule has 1 heterocycles. The van der Waals surface area contributed by atoms with Crippen molar-refractivity contribution >= 4 is 11.8 Å². The van der Waals surface area contributed by atoms with Crippen LogP contribution < -0.4 is 0 Å². The van der Waals surface area contributed by atoms with Crippen molar-refractivity contribution in [2.24, 2.45) is 5.92 Å². The summed E-state index contributed by atoms with van der Waals surface area (Å²) in [5, 5.41) is 0. The number of nitrogens with zero attached hydrogens (tertiary/aromatic N) is 1. The van der Waals surface area contributed by atoms with Gasteiger partial charge in [0.2, 0.25) is 0 Å². The van der Waals surface area contributed by atoms with Gasteiger partial charge in [0, 0.05) is 18.2 Å². The van der Waals surface area contributed by atoms with Gasteiger partial charge < -0.3 is 0 Å². The summed E-state index contributed by atoms with van der Waals surface area (Å²) < 4.78 is 0. The zero-order chi connectivity index (χ0) is 10.1. The summed E-state index contributed by atoms with van der Waals surface area (Å²) >= 11 is 0. The maximum absolute atomic E-state index is 11.4. The molecule has 3 heteroatoms. The summed E-state index contributed by atoms with van der Waals surface area (Å²) in [4.78, 5) is 24.3. The predicted molar refractivity (Wildman–Crippen MR) is 52.4 cm³/mol. The molecule has 0 unspecified atom stereocenters. The van der Waals surface area contributed by atoms with Gasteiger partial charge in [-0.3, -0.25) is 14.5 Å². The quantitative estimate of drug-likeness (QED) is 0.592. The molecule has 1 fully saturated rings. The summed E-state index contributed by atoms with van der Waals surface area (Å²) in [6.07, 6.45) is 7.21. The highest BCUT2D eigenvalue weighted by Crippen LogP contribution is 2.29. The van der Waals surface area contributed by atoms with Gasteiger partial charge in [-0.2, -0.15) is 0 Å². The topological polar surface area (TPSA) is 37.4 Å². The Morgan fingerprint density at radius 1 is 1.14 bits per heavy atom. The van der Waals surface area contributed by atoms with Crippen LogP contribution in [0.5, 0.6) is 0 Å². The lowest BCUT2D eigenvalue weighted by molar-refractivity contribution is -0.141. The molecule has 1 aliphatic carbocycles. The van der Waals surface area contributed by atoms with E-state index in [-0.39, 0.29) is 17.9 Å². The molecule has 2 amide bonds. The monoisotopic (exact) mass is 193 g/mol. The average Bonchev–Trinajstić information content (AvgIpc) is 2.48. The largest absolute Gasteiger partial charge is 0.272 e. The molecule has 0 N–H and O–H groups in total. The van der Waals surface area contributed by atoms with Crippen LogP contribution in [0.2, 0.25) is 0 Å². The van der Waals surface area contributed by atoms with E-state index in [9.17, 15) is 9.59 Å². The Balaban J connectivity index is 2.13. The third-order valence-electron chi connectivity index (χ3n) is 3.24. The van der Waals surface area contributed by atoms with Crippen LogP contribution >= 0.6 is 0 Å². The molecule has 0 bridgehead atoms. The third kappa shape index (κ3) is 1.47. The van der Waals surface area contributed by atoms with E-state index in [2.05, 4.69) is 6.92 Å². The molecule has 0 spiro atoms. The lowest BCUT2D eigenvalue weighted by atomic mass is 9.85. The fraction of sp³-hybridized carbons (Fsp3) is 0.636. The predicted octanol–water partition coefficient (Wildman–Crippen LogP) is 1.49. The van der Waals surface area contributed by atoms with Gasteiger partial charge in [0.25, 0.3) is 11.8 Å². The number of carbonyl (C=O) groups excluding carboxylic acids is 2. The Hall–Kier alpha value is -1.12. The van der Waals surface area contributed by atoms with Crippen LogP contribution in [-0.4, -0.2) is 22.8 Å². The van der Waals surface area contributed by atoms with E-state index in [1.54, 1.807) is 0 Å². The second kappa shape index (κ2) is 3.56. The summed E-state index contributed by atoms with van der Waals surface area (Å²) in [6.45, 7) is 2.13. The number of hydrogen-bond donors (Lipinski definition) is 0. The normalized spacial score (nSPS) is 32.8. The Bertz CT molecular complexity index is 278. The minimum atomic E-state index is -0.131. The lowest BCUT2D eigenvalue weighted by Gasteiger charge is -2.34. The van der Waals surface area contributed by atoms with E-state index in [4.69, 9.17) is 0 Å². The highest BCUT2D eigenvalue weighted by molar-refractivity contribution is 6.13. The fourth-order valence-corrected chi connectivity index (χ4v) is 2.42. The molecule has 0 aromatic rings. The molecule has 1 aliphatic heterocycles. The first-order valence-electron chi connectivity index (χ1n) is 5.25. The molecule has 76 valence electrons. The SMILES string of the molecule is C[C@@H]1CCCC[C@@H]1N1C(=O)C=CC1=O. The zero-order valence-electron chi connectivity index (χ0n) is 8.40. The highest BCUT2D eigenvalue weighted by Gasteiger charge is 2.35. The summed E-state index contributed by atoms with van der Waals surface area (Å²) in [5.41, 5.74) is 0. The van der Waals surface area contributed by atoms with E-state index in [1.165, 1.54) is 23.5 Å². The van der Waals surface area contributed by atoms with E-state index >= 15 is 0 Å². The lowest BCUT2D eigenvalue weighted by Crippen LogP contribution is -2.45. The Morgan fingerprint density at radius 3 is 2.29 bits per heavy atom. The minimum absolute atomic E-state index is 0.131. The van der Waals surface area contributed by atoms with Gasteiger partial charge in [-0.05, 0) is 18.8 Å². The van der Waals surface area contributed by atoms with Crippen molar-refractivity contribution in [1.82, 2.24) is 4.90 Å². The summed E-state index contributed by atoms with van der Waals surface area (Å²) in [5.74, 6) is 0.194. The van der Waals surface area contributed by atoms with Crippen molar-refractivity contribution in [2.45, 2.75) is 38.6 Å². The molecular weight excluding hydrogens is 178 g/mol. The first-order chi connectivity index (χ1) is 6.70. The van der Waals surface area contributed by atoms with Crippen molar-refractivity contribution in [3.8, 4) is 0 Å². The smallest absolute Gasteiger partial charge is 0.253 e. The third-order valence-corrected chi connectivity index (χ3v) is 3.24. The summed E-state index contributed by atoms with van der Waals surface area (Å²) in [7, 11) is 0. The van der Waals surface area contributed by atoms with Gasteiger partial charge in [-0.25, -0.2) is 0 Å². The number of amides is 2. The number of imide groups is 1. The van der Waals surface area contributed by atoms with E-state index in [1.807, 2.05) is 0 Å². The van der Waals surface area contributed by atoms with Crippen molar-refractivity contribution < 1.29 is 9.59 Å². The second-order valence-corrected chi connectivity index (χ2v) is 4.21. The number of hydrogen-bond acceptors (Lipinski definition) is 2. The minimum Gasteiger partial charge on any atom is -0.272 e. The van der Waals surface area contributed by atoms with E-state index in [0.717, 1.165) is 19.3 Å². The van der Waals surface area contributed by atoms with E-state index < -0.39 is 0 Å². The average molecular weight is 193 g/mol. The molecule has 2 atom stereocenters. The molecule has 2 rings (SSSR count). The standard InChI is InChI=1S/C11H15NO2/c1-8-4-2-3-5-9(8)12-10(13)6-7-11(12)14/h6-9H,2-5H2,1H3/t8-,9+/m1/s1. The first-order valence-corrected chi connectivity index (χ1v) is 5.25. The van der Waals surface area contributed by atoms with Crippen molar-refractivity contribution in [1.29, 1.82) is 0 Å². The van der Waals surface area contributed by atoms with Gasteiger partial charge in [-0.15, -0.1) is 0 Å². The van der Waals surface area contributed by atoms with Crippen LogP contribution in [0.1, 0.15) is 32.6 Å². The van der Waals surface area contributed by atoms with Gasteiger partial charge >= 0.3 is 0 Å². The molecule has 0 aromatic carbocycles. The van der Waals surface area contributed by atoms with Gasteiger partial charge in [0.15, 0.2) is 0 Å². The van der Waals surface area contributed by atoms with Crippen LogP contribution in [0.4, 0.5) is 0 Å². The van der Waals surface area contributed by atoms with Gasteiger partial charge in [0.05, 0.1) is 0 Å². The van der Waals surface area contributed by atoms with Crippen LogP contribution in [0, 0.1) is 5.92 Å². The molecule has 3 nitrogen and oxygen atoms in total. The maximum atomic E-state index is 11.4. The van der Waals surface area contributed by atoms with E-state index in [0.29, 0.717) is 5.92 Å². The molecule has 14 heavy (non-hydrogen) atoms. The molecule has 0 aromatic heterocycles. The number of rotatable bonds is 1. The van der Waals surface area contributed by atoms with Gasteiger partial charge in [0.1, 0.15) is 0 Å². The van der Waals surface area contributed by atoms with Crippen LogP contribution in [0.25, 0.3) is 0 Å². The second-order valence-electron chi connectivity index (χ2n) is 4.21. The van der Waals surface area contributed by atoms with Gasteiger partial charge in [-0.1, -0.05) is 19.8 Å². The maximum Gasteiger partial charge on any atom is 0.253 e.